The number of halogens is 3. The molecule has 3 rings (SSSR count). The third-order valence-corrected chi connectivity index (χ3v) is 8.10. The SMILES string of the molecule is CCCCOC(=O)NS(=O)(=O)c1sc(CC(C)C)cc1-c1ccc(Cn2ccc(C(F)(F)F)n2)cc1. The lowest BCUT2D eigenvalue weighted by atomic mass is 10.0. The van der Waals surface area contributed by atoms with Gasteiger partial charge in [0.05, 0.1) is 13.2 Å². The Morgan fingerprint density at radius 1 is 1.19 bits per heavy atom. The van der Waals surface area contributed by atoms with Crippen LogP contribution in [0.4, 0.5) is 18.0 Å². The van der Waals surface area contributed by atoms with Gasteiger partial charge in [0.25, 0.3) is 10.0 Å². The second kappa shape index (κ2) is 11.5. The van der Waals surface area contributed by atoms with Crippen molar-refractivity contribution in [2.24, 2.45) is 5.92 Å². The summed E-state index contributed by atoms with van der Waals surface area (Å²) in [5.41, 5.74) is 0.761. The molecule has 0 fully saturated rings. The molecular formula is C24H28F3N3O4S2. The first-order valence-electron chi connectivity index (χ1n) is 11.4. The van der Waals surface area contributed by atoms with Crippen molar-refractivity contribution in [2.75, 3.05) is 6.61 Å². The number of carbonyl (C=O) groups excluding carboxylic acids is 1. The quantitative estimate of drug-likeness (QED) is 0.313. The average molecular weight is 544 g/mol. The highest BCUT2D eigenvalue weighted by atomic mass is 32.2. The summed E-state index contributed by atoms with van der Waals surface area (Å²) < 4.78 is 72.6. The van der Waals surface area contributed by atoms with Gasteiger partial charge in [-0.15, -0.1) is 11.3 Å². The van der Waals surface area contributed by atoms with Crippen molar-refractivity contribution in [1.29, 1.82) is 0 Å². The summed E-state index contributed by atoms with van der Waals surface area (Å²) in [4.78, 5) is 12.9. The van der Waals surface area contributed by atoms with E-state index in [-0.39, 0.29) is 23.3 Å². The zero-order valence-electron chi connectivity index (χ0n) is 20.1. The van der Waals surface area contributed by atoms with Gasteiger partial charge in [0, 0.05) is 16.6 Å². The maximum atomic E-state index is 13.1. The number of carbonyl (C=O) groups is 1. The van der Waals surface area contributed by atoms with Crippen molar-refractivity contribution >= 4 is 27.5 Å². The van der Waals surface area contributed by atoms with E-state index < -0.39 is 28.0 Å². The Morgan fingerprint density at radius 3 is 2.47 bits per heavy atom. The molecule has 3 aromatic rings. The number of thiophene rings is 1. The average Bonchev–Trinajstić information content (AvgIpc) is 3.41. The van der Waals surface area contributed by atoms with Gasteiger partial charge in [-0.05, 0) is 42.0 Å². The Morgan fingerprint density at radius 2 is 1.89 bits per heavy atom. The van der Waals surface area contributed by atoms with Crippen molar-refractivity contribution in [1.82, 2.24) is 14.5 Å². The Bertz CT molecular complexity index is 1280. The molecule has 0 atom stereocenters. The van der Waals surface area contributed by atoms with Crippen molar-refractivity contribution in [3.63, 3.8) is 0 Å². The van der Waals surface area contributed by atoms with E-state index in [0.29, 0.717) is 29.5 Å². The number of rotatable bonds is 10. The molecule has 36 heavy (non-hydrogen) atoms. The van der Waals surface area contributed by atoms with Gasteiger partial charge in [0.2, 0.25) is 0 Å². The third-order valence-electron chi connectivity index (χ3n) is 5.09. The zero-order chi connectivity index (χ0) is 26.5. The van der Waals surface area contributed by atoms with Gasteiger partial charge in [-0.1, -0.05) is 51.5 Å². The molecule has 0 aliphatic carbocycles. The number of benzene rings is 1. The number of unbranched alkanes of at least 4 members (excludes halogenated alkanes) is 1. The predicted octanol–water partition coefficient (Wildman–Crippen LogP) is 6.09. The van der Waals surface area contributed by atoms with Crippen LogP contribution in [-0.2, 0) is 33.9 Å². The van der Waals surface area contributed by atoms with Crippen LogP contribution in [0, 0.1) is 5.92 Å². The molecule has 2 heterocycles. The van der Waals surface area contributed by atoms with E-state index >= 15 is 0 Å². The van der Waals surface area contributed by atoms with E-state index in [4.69, 9.17) is 4.74 Å². The molecule has 12 heteroatoms. The summed E-state index contributed by atoms with van der Waals surface area (Å²) in [6.07, 6.45) is -2.20. The molecule has 1 N–H and O–H groups in total. The van der Waals surface area contributed by atoms with E-state index in [1.165, 1.54) is 10.9 Å². The zero-order valence-corrected chi connectivity index (χ0v) is 21.8. The van der Waals surface area contributed by atoms with E-state index in [1.54, 1.807) is 30.3 Å². The number of hydrogen-bond donors (Lipinski definition) is 1. The first kappa shape index (κ1) is 27.7. The molecule has 0 unspecified atom stereocenters. The molecule has 0 radical (unpaired) electrons. The van der Waals surface area contributed by atoms with Crippen LogP contribution >= 0.6 is 11.3 Å². The summed E-state index contributed by atoms with van der Waals surface area (Å²) in [5, 5.41) is 3.55. The molecule has 2 aromatic heterocycles. The summed E-state index contributed by atoms with van der Waals surface area (Å²) in [5.74, 6) is 0.289. The smallest absolute Gasteiger partial charge is 0.435 e. The molecule has 0 bridgehead atoms. The minimum Gasteiger partial charge on any atom is -0.449 e. The van der Waals surface area contributed by atoms with Crippen molar-refractivity contribution < 1.29 is 31.1 Å². The van der Waals surface area contributed by atoms with Gasteiger partial charge in [-0.2, -0.15) is 18.3 Å². The Labute approximate surface area is 212 Å². The monoisotopic (exact) mass is 543 g/mol. The number of amides is 1. The fraction of sp³-hybridized carbons (Fsp3) is 0.417. The second-order valence-electron chi connectivity index (χ2n) is 8.70. The molecule has 0 aliphatic heterocycles. The lowest BCUT2D eigenvalue weighted by Gasteiger charge is -2.09. The minimum absolute atomic E-state index is 0.000219. The number of hydrogen-bond acceptors (Lipinski definition) is 6. The number of alkyl halides is 3. The summed E-state index contributed by atoms with van der Waals surface area (Å²) in [7, 11) is -4.19. The van der Waals surface area contributed by atoms with Gasteiger partial charge in [-0.25, -0.2) is 17.9 Å². The van der Waals surface area contributed by atoms with Crippen LogP contribution in [-0.4, -0.2) is 30.9 Å². The highest BCUT2D eigenvalue weighted by Crippen LogP contribution is 2.36. The van der Waals surface area contributed by atoms with Gasteiger partial charge >= 0.3 is 12.3 Å². The second-order valence-corrected chi connectivity index (χ2v) is 11.7. The van der Waals surface area contributed by atoms with Crippen molar-refractivity contribution in [3.05, 3.63) is 58.7 Å². The van der Waals surface area contributed by atoms with Crippen LogP contribution in [0.25, 0.3) is 11.1 Å². The first-order valence-corrected chi connectivity index (χ1v) is 13.7. The van der Waals surface area contributed by atoms with Gasteiger partial charge in [-0.3, -0.25) is 4.68 Å². The summed E-state index contributed by atoms with van der Waals surface area (Å²) in [6.45, 7) is 6.20. The molecule has 196 valence electrons. The maximum Gasteiger partial charge on any atom is 0.435 e. The molecule has 0 saturated heterocycles. The van der Waals surface area contributed by atoms with Gasteiger partial charge < -0.3 is 4.74 Å². The largest absolute Gasteiger partial charge is 0.449 e. The van der Waals surface area contributed by atoms with Crippen molar-refractivity contribution in [2.45, 2.75) is 57.0 Å². The number of sulfonamides is 1. The predicted molar refractivity (Wildman–Crippen MR) is 131 cm³/mol. The number of nitrogens with zero attached hydrogens (tertiary/aromatic N) is 2. The third kappa shape index (κ3) is 7.33. The van der Waals surface area contributed by atoms with E-state index in [1.807, 2.05) is 25.5 Å². The number of aromatic nitrogens is 2. The standard InChI is InChI=1S/C24H28F3N3O4S2/c1-4-5-12-34-23(31)29-36(32,33)22-20(14-19(35-22)13-16(2)3)18-8-6-17(7-9-18)15-30-11-10-21(28-30)24(25,26)27/h6-11,14,16H,4-5,12-13,15H2,1-3H3,(H,29,31). The first-order chi connectivity index (χ1) is 16.9. The Kier molecular flexibility index (Phi) is 8.83. The van der Waals surface area contributed by atoms with E-state index in [0.717, 1.165) is 28.7 Å². The van der Waals surface area contributed by atoms with Crippen molar-refractivity contribution in [3.8, 4) is 11.1 Å². The molecule has 0 saturated carbocycles. The molecule has 1 aromatic carbocycles. The maximum absolute atomic E-state index is 13.1. The fourth-order valence-corrected chi connectivity index (χ4v) is 6.24. The molecule has 0 aliphatic rings. The van der Waals surface area contributed by atoms with Crippen LogP contribution in [0.2, 0.25) is 0 Å². The lowest BCUT2D eigenvalue weighted by molar-refractivity contribution is -0.141. The summed E-state index contributed by atoms with van der Waals surface area (Å²) >= 11 is 1.09. The highest BCUT2D eigenvalue weighted by molar-refractivity contribution is 7.92. The highest BCUT2D eigenvalue weighted by Gasteiger charge is 2.33. The van der Waals surface area contributed by atoms with Gasteiger partial charge in [0.1, 0.15) is 4.21 Å². The fourth-order valence-electron chi connectivity index (χ4n) is 3.40. The Hall–Kier alpha value is -2.86. The molecule has 7 nitrogen and oxygen atoms in total. The molecule has 0 spiro atoms. The van der Waals surface area contributed by atoms with Crippen LogP contribution in [0.1, 0.15) is 49.7 Å². The minimum atomic E-state index is -4.51. The number of nitrogens with one attached hydrogen (secondary N) is 1. The van der Waals surface area contributed by atoms with Crippen LogP contribution in [0.15, 0.2) is 46.8 Å². The topological polar surface area (TPSA) is 90.3 Å². The Balaban J connectivity index is 1.85. The van der Waals surface area contributed by atoms with Crippen LogP contribution < -0.4 is 4.72 Å². The van der Waals surface area contributed by atoms with E-state index in [2.05, 4.69) is 5.10 Å². The normalized spacial score (nSPS) is 12.2. The summed E-state index contributed by atoms with van der Waals surface area (Å²) in [6, 6.07) is 9.50. The lowest BCUT2D eigenvalue weighted by Crippen LogP contribution is -2.31. The number of ether oxygens (including phenoxy) is 1. The van der Waals surface area contributed by atoms with Crippen LogP contribution in [0.5, 0.6) is 0 Å². The van der Waals surface area contributed by atoms with Crippen LogP contribution in [0.3, 0.4) is 0 Å². The molecule has 1 amide bonds. The van der Waals surface area contributed by atoms with Gasteiger partial charge in [0.15, 0.2) is 5.69 Å². The van der Waals surface area contributed by atoms with E-state index in [9.17, 15) is 26.4 Å². The molecular weight excluding hydrogens is 515 g/mol.